The Morgan fingerprint density at radius 3 is 2.30 bits per heavy atom. The van der Waals surface area contributed by atoms with Crippen LogP contribution in [0.4, 0.5) is 0 Å². The molecule has 150 valence electrons. The zero-order valence-corrected chi connectivity index (χ0v) is 17.9. The molecule has 0 aliphatic rings. The zero-order valence-electron chi connectivity index (χ0n) is 17.1. The van der Waals surface area contributed by atoms with Gasteiger partial charge in [0.2, 0.25) is 5.91 Å². The van der Waals surface area contributed by atoms with Gasteiger partial charge in [-0.3, -0.25) is 9.78 Å². The van der Waals surface area contributed by atoms with Gasteiger partial charge in [-0.1, -0.05) is 59.7 Å². The van der Waals surface area contributed by atoms with E-state index >= 15 is 0 Å². The highest BCUT2D eigenvalue weighted by Gasteiger charge is 2.17. The molecule has 4 aromatic rings. The molecule has 2 heterocycles. The largest absolute Gasteiger partial charge is 0.352 e. The maximum atomic E-state index is 12.7. The molecule has 0 saturated carbocycles. The first kappa shape index (κ1) is 20.0. The SMILES string of the molecule is Cc1ccc(CNC(=O)Cc2sc(-c3cccnc3)nc2-c2ccc(C)cc2)cc1. The minimum absolute atomic E-state index is 0.00896. The fraction of sp³-hybridized carbons (Fsp3) is 0.160. The second kappa shape index (κ2) is 9.01. The minimum Gasteiger partial charge on any atom is -0.352 e. The lowest BCUT2D eigenvalue weighted by molar-refractivity contribution is -0.120. The quantitative estimate of drug-likeness (QED) is 0.464. The topological polar surface area (TPSA) is 54.9 Å². The van der Waals surface area contributed by atoms with E-state index in [0.29, 0.717) is 13.0 Å². The van der Waals surface area contributed by atoms with Gasteiger partial charge in [-0.25, -0.2) is 4.98 Å². The smallest absolute Gasteiger partial charge is 0.225 e. The first-order valence-electron chi connectivity index (χ1n) is 9.88. The molecule has 30 heavy (non-hydrogen) atoms. The van der Waals surface area contributed by atoms with Crippen LogP contribution in [0.25, 0.3) is 21.8 Å². The number of carbonyl (C=O) groups is 1. The molecule has 4 rings (SSSR count). The molecule has 1 amide bonds. The number of pyridine rings is 1. The van der Waals surface area contributed by atoms with Crippen LogP contribution >= 0.6 is 11.3 Å². The Morgan fingerprint density at radius 1 is 0.933 bits per heavy atom. The summed E-state index contributed by atoms with van der Waals surface area (Å²) in [4.78, 5) is 22.7. The van der Waals surface area contributed by atoms with Crippen LogP contribution in [-0.2, 0) is 17.8 Å². The van der Waals surface area contributed by atoms with Crippen LogP contribution in [-0.4, -0.2) is 15.9 Å². The summed E-state index contributed by atoms with van der Waals surface area (Å²) in [5.41, 5.74) is 6.34. The molecule has 2 aromatic heterocycles. The summed E-state index contributed by atoms with van der Waals surface area (Å²) in [7, 11) is 0. The van der Waals surface area contributed by atoms with Crippen molar-refractivity contribution in [2.24, 2.45) is 0 Å². The predicted molar refractivity (Wildman–Crippen MR) is 122 cm³/mol. The highest BCUT2D eigenvalue weighted by Crippen LogP contribution is 2.34. The number of nitrogens with one attached hydrogen (secondary N) is 1. The molecule has 4 nitrogen and oxygen atoms in total. The average molecular weight is 414 g/mol. The number of aromatic nitrogens is 2. The summed E-state index contributed by atoms with van der Waals surface area (Å²) in [6.07, 6.45) is 3.85. The van der Waals surface area contributed by atoms with Gasteiger partial charge in [-0.05, 0) is 31.5 Å². The van der Waals surface area contributed by atoms with Crippen molar-refractivity contribution in [3.8, 4) is 21.8 Å². The zero-order chi connectivity index (χ0) is 20.9. The van der Waals surface area contributed by atoms with Gasteiger partial charge in [0.1, 0.15) is 5.01 Å². The Bertz CT molecular complexity index is 1130. The molecule has 1 N–H and O–H groups in total. The van der Waals surface area contributed by atoms with Gasteiger partial charge in [0, 0.05) is 34.9 Å². The van der Waals surface area contributed by atoms with Crippen LogP contribution in [0.1, 0.15) is 21.6 Å². The van der Waals surface area contributed by atoms with Crippen LogP contribution < -0.4 is 5.32 Å². The van der Waals surface area contributed by atoms with Crippen molar-refractivity contribution in [1.29, 1.82) is 0 Å². The van der Waals surface area contributed by atoms with Gasteiger partial charge < -0.3 is 5.32 Å². The Kier molecular flexibility index (Phi) is 6.00. The molecule has 0 aliphatic carbocycles. The highest BCUT2D eigenvalue weighted by molar-refractivity contribution is 7.15. The lowest BCUT2D eigenvalue weighted by Gasteiger charge is -2.06. The molecule has 2 aromatic carbocycles. The molecule has 0 unspecified atom stereocenters. The molecule has 5 heteroatoms. The van der Waals surface area contributed by atoms with E-state index in [1.54, 1.807) is 23.7 Å². The van der Waals surface area contributed by atoms with Gasteiger partial charge >= 0.3 is 0 Å². The third-order valence-electron chi connectivity index (χ3n) is 4.86. The van der Waals surface area contributed by atoms with Crippen LogP contribution in [0.3, 0.4) is 0 Å². The number of hydrogen-bond acceptors (Lipinski definition) is 4. The van der Waals surface area contributed by atoms with E-state index in [2.05, 4.69) is 60.5 Å². The molecular formula is C25H23N3OS. The summed E-state index contributed by atoms with van der Waals surface area (Å²) in [6.45, 7) is 4.64. The molecule has 0 radical (unpaired) electrons. The average Bonchev–Trinajstić information content (AvgIpc) is 3.18. The number of carbonyl (C=O) groups excluding carboxylic acids is 1. The Hall–Kier alpha value is -3.31. The first-order valence-corrected chi connectivity index (χ1v) is 10.7. The third kappa shape index (κ3) is 4.81. The molecule has 0 spiro atoms. The van der Waals surface area contributed by atoms with E-state index in [9.17, 15) is 4.79 Å². The Morgan fingerprint density at radius 2 is 1.63 bits per heavy atom. The monoisotopic (exact) mass is 413 g/mol. The van der Waals surface area contributed by atoms with Crippen molar-refractivity contribution in [3.63, 3.8) is 0 Å². The van der Waals surface area contributed by atoms with Gasteiger partial charge in [-0.15, -0.1) is 11.3 Å². The first-order chi connectivity index (χ1) is 14.6. The lowest BCUT2D eigenvalue weighted by atomic mass is 10.1. The van der Waals surface area contributed by atoms with Crippen LogP contribution in [0.15, 0.2) is 73.1 Å². The number of nitrogens with zero attached hydrogens (tertiary/aromatic N) is 2. The van der Waals surface area contributed by atoms with Gasteiger partial charge in [0.25, 0.3) is 0 Å². The number of amides is 1. The van der Waals surface area contributed by atoms with Crippen LogP contribution in [0.2, 0.25) is 0 Å². The van der Waals surface area contributed by atoms with E-state index in [4.69, 9.17) is 4.98 Å². The molecular weight excluding hydrogens is 390 g/mol. The number of benzene rings is 2. The normalized spacial score (nSPS) is 10.7. The van der Waals surface area contributed by atoms with E-state index in [0.717, 1.165) is 32.3 Å². The number of aryl methyl sites for hydroxylation is 2. The van der Waals surface area contributed by atoms with E-state index < -0.39 is 0 Å². The standard InChI is InChI=1S/C25H23N3OS/c1-17-5-9-19(10-6-17)15-27-23(29)14-22-24(20-11-7-18(2)8-12-20)28-25(30-22)21-4-3-13-26-16-21/h3-13,16H,14-15H2,1-2H3,(H,27,29). The molecule has 0 fully saturated rings. The summed E-state index contributed by atoms with van der Waals surface area (Å²) in [5.74, 6) is -0.00896. The fourth-order valence-corrected chi connectivity index (χ4v) is 4.21. The molecule has 0 bridgehead atoms. The van der Waals surface area contributed by atoms with E-state index in [1.165, 1.54) is 11.1 Å². The number of rotatable bonds is 6. The van der Waals surface area contributed by atoms with Crippen molar-refractivity contribution in [1.82, 2.24) is 15.3 Å². The molecule has 0 saturated heterocycles. The Labute approximate surface area is 180 Å². The van der Waals surface area contributed by atoms with Crippen LogP contribution in [0, 0.1) is 13.8 Å². The Balaban J connectivity index is 1.57. The van der Waals surface area contributed by atoms with Crippen molar-refractivity contribution < 1.29 is 4.79 Å². The summed E-state index contributed by atoms with van der Waals surface area (Å²) < 4.78 is 0. The summed E-state index contributed by atoms with van der Waals surface area (Å²) in [6, 6.07) is 20.3. The summed E-state index contributed by atoms with van der Waals surface area (Å²) >= 11 is 1.55. The second-order valence-corrected chi connectivity index (χ2v) is 8.42. The highest BCUT2D eigenvalue weighted by atomic mass is 32.1. The number of hydrogen-bond donors (Lipinski definition) is 1. The van der Waals surface area contributed by atoms with Gasteiger partial charge in [-0.2, -0.15) is 0 Å². The predicted octanol–water partition coefficient (Wildman–Crippen LogP) is 5.35. The van der Waals surface area contributed by atoms with Crippen molar-refractivity contribution in [2.75, 3.05) is 0 Å². The molecule has 0 aliphatic heterocycles. The maximum Gasteiger partial charge on any atom is 0.225 e. The number of thiazole rings is 1. The van der Waals surface area contributed by atoms with Crippen molar-refractivity contribution in [2.45, 2.75) is 26.8 Å². The minimum atomic E-state index is -0.00896. The molecule has 0 atom stereocenters. The van der Waals surface area contributed by atoms with E-state index in [1.807, 2.05) is 24.3 Å². The van der Waals surface area contributed by atoms with Crippen molar-refractivity contribution >= 4 is 17.2 Å². The van der Waals surface area contributed by atoms with Gasteiger partial charge in [0.05, 0.1) is 12.1 Å². The summed E-state index contributed by atoms with van der Waals surface area (Å²) in [5, 5.41) is 3.91. The van der Waals surface area contributed by atoms with E-state index in [-0.39, 0.29) is 5.91 Å². The second-order valence-electron chi connectivity index (χ2n) is 7.34. The van der Waals surface area contributed by atoms with Crippen LogP contribution in [0.5, 0.6) is 0 Å². The van der Waals surface area contributed by atoms with Crippen molar-refractivity contribution in [3.05, 3.63) is 94.6 Å². The fourth-order valence-electron chi connectivity index (χ4n) is 3.14. The van der Waals surface area contributed by atoms with Gasteiger partial charge in [0.15, 0.2) is 0 Å². The maximum absolute atomic E-state index is 12.7. The lowest BCUT2D eigenvalue weighted by Crippen LogP contribution is -2.24. The third-order valence-corrected chi connectivity index (χ3v) is 5.97.